The van der Waals surface area contributed by atoms with Crippen molar-refractivity contribution in [3.63, 3.8) is 0 Å². The molecule has 0 fully saturated rings. The second-order valence-electron chi connectivity index (χ2n) is 8.62. The SMILES string of the molecule is CCC(=O)N(C)C[C@H]1Oc2ncc(/C=C/c3ccccc3)cc2C(=O)N([C@H](C)CO)C[C@@H]1C. The number of hydrogen-bond donors (Lipinski definition) is 1. The Morgan fingerprint density at radius 1 is 1.30 bits per heavy atom. The number of nitrogens with zero attached hydrogens (tertiary/aromatic N) is 3. The number of aromatic nitrogens is 1. The molecule has 7 heteroatoms. The maximum atomic E-state index is 13.5. The summed E-state index contributed by atoms with van der Waals surface area (Å²) in [7, 11) is 1.76. The Hall–Kier alpha value is -3.19. The Bertz CT molecular complexity index is 992. The summed E-state index contributed by atoms with van der Waals surface area (Å²) < 4.78 is 6.23. The number of pyridine rings is 1. The Morgan fingerprint density at radius 3 is 2.67 bits per heavy atom. The van der Waals surface area contributed by atoms with Gasteiger partial charge in [-0.2, -0.15) is 0 Å². The Labute approximate surface area is 195 Å². The number of benzene rings is 1. The van der Waals surface area contributed by atoms with E-state index in [4.69, 9.17) is 4.74 Å². The summed E-state index contributed by atoms with van der Waals surface area (Å²) in [6, 6.07) is 11.3. The molecule has 3 rings (SSSR count). The maximum Gasteiger partial charge on any atom is 0.259 e. The van der Waals surface area contributed by atoms with E-state index >= 15 is 0 Å². The monoisotopic (exact) mass is 451 g/mol. The molecule has 0 spiro atoms. The van der Waals surface area contributed by atoms with Crippen molar-refractivity contribution >= 4 is 24.0 Å². The van der Waals surface area contributed by atoms with E-state index < -0.39 is 0 Å². The molecule has 1 aromatic carbocycles. The number of carbonyl (C=O) groups is 2. The third kappa shape index (κ3) is 5.99. The first-order valence-electron chi connectivity index (χ1n) is 11.4. The number of aliphatic hydroxyl groups is 1. The van der Waals surface area contributed by atoms with E-state index in [9.17, 15) is 14.7 Å². The lowest BCUT2D eigenvalue weighted by molar-refractivity contribution is -0.131. The summed E-state index contributed by atoms with van der Waals surface area (Å²) in [4.78, 5) is 33.4. The van der Waals surface area contributed by atoms with Gasteiger partial charge in [0.15, 0.2) is 0 Å². The summed E-state index contributed by atoms with van der Waals surface area (Å²) >= 11 is 0. The van der Waals surface area contributed by atoms with Crippen LogP contribution in [0.2, 0.25) is 0 Å². The van der Waals surface area contributed by atoms with Crippen LogP contribution < -0.4 is 4.74 Å². The standard InChI is InChI=1S/C26H33N3O4/c1-5-24(31)28(4)16-23-18(2)15-29(19(3)17-30)26(32)22-13-21(14-27-25(22)33-23)12-11-20-9-7-6-8-10-20/h6-14,18-19,23,30H,5,15-17H2,1-4H3/b12-11+/t18-,19+,23+/m0/s1. The van der Waals surface area contributed by atoms with Gasteiger partial charge in [0, 0.05) is 32.1 Å². The van der Waals surface area contributed by atoms with Gasteiger partial charge >= 0.3 is 0 Å². The number of carbonyl (C=O) groups excluding carboxylic acids is 2. The molecular weight excluding hydrogens is 418 g/mol. The van der Waals surface area contributed by atoms with Crippen LogP contribution in [-0.4, -0.2) is 70.6 Å². The van der Waals surface area contributed by atoms with Crippen molar-refractivity contribution in [1.29, 1.82) is 0 Å². The van der Waals surface area contributed by atoms with E-state index in [0.29, 0.717) is 25.1 Å². The van der Waals surface area contributed by atoms with Crippen LogP contribution in [0.1, 0.15) is 48.7 Å². The molecule has 1 aromatic heterocycles. The molecule has 176 valence electrons. The summed E-state index contributed by atoms with van der Waals surface area (Å²) in [5, 5.41) is 9.78. The predicted molar refractivity (Wildman–Crippen MR) is 129 cm³/mol. The average Bonchev–Trinajstić information content (AvgIpc) is 2.84. The molecule has 1 aliphatic rings. The maximum absolute atomic E-state index is 13.5. The first-order chi connectivity index (χ1) is 15.8. The van der Waals surface area contributed by atoms with Gasteiger partial charge in [0.25, 0.3) is 5.91 Å². The molecular formula is C26H33N3O4. The van der Waals surface area contributed by atoms with Crippen LogP contribution in [0.4, 0.5) is 0 Å². The lowest BCUT2D eigenvalue weighted by atomic mass is 9.99. The molecule has 0 unspecified atom stereocenters. The van der Waals surface area contributed by atoms with Gasteiger partial charge in [0.2, 0.25) is 11.8 Å². The summed E-state index contributed by atoms with van der Waals surface area (Å²) in [5.41, 5.74) is 2.17. The van der Waals surface area contributed by atoms with Crippen molar-refractivity contribution in [3.8, 4) is 5.88 Å². The third-order valence-electron chi connectivity index (χ3n) is 5.99. The summed E-state index contributed by atoms with van der Waals surface area (Å²) in [5.74, 6) is -0.0139. The van der Waals surface area contributed by atoms with Gasteiger partial charge in [0.1, 0.15) is 11.7 Å². The van der Waals surface area contributed by atoms with Gasteiger partial charge in [0.05, 0.1) is 19.2 Å². The molecule has 1 aliphatic heterocycles. The number of likely N-dealkylation sites (N-methyl/N-ethyl adjacent to an activating group) is 1. The van der Waals surface area contributed by atoms with Gasteiger partial charge < -0.3 is 19.6 Å². The van der Waals surface area contributed by atoms with Crippen LogP contribution in [0.15, 0.2) is 42.6 Å². The smallest absolute Gasteiger partial charge is 0.259 e. The zero-order chi connectivity index (χ0) is 24.0. The molecule has 2 amide bonds. The number of hydrogen-bond acceptors (Lipinski definition) is 5. The van der Waals surface area contributed by atoms with E-state index in [2.05, 4.69) is 4.98 Å². The molecule has 0 aliphatic carbocycles. The Morgan fingerprint density at radius 2 is 2.00 bits per heavy atom. The highest BCUT2D eigenvalue weighted by Gasteiger charge is 2.34. The third-order valence-corrected chi connectivity index (χ3v) is 5.99. The van der Waals surface area contributed by atoms with Crippen LogP contribution in [0.5, 0.6) is 5.88 Å². The molecule has 0 bridgehead atoms. The second-order valence-corrected chi connectivity index (χ2v) is 8.62. The van der Waals surface area contributed by atoms with Crippen LogP contribution in [0.25, 0.3) is 12.2 Å². The Kier molecular flexibility index (Phi) is 8.22. The second kappa shape index (κ2) is 11.1. The minimum atomic E-state index is -0.356. The van der Waals surface area contributed by atoms with E-state index in [1.807, 2.05) is 63.3 Å². The van der Waals surface area contributed by atoms with Crippen molar-refractivity contribution < 1.29 is 19.4 Å². The number of aliphatic hydroxyl groups excluding tert-OH is 1. The molecule has 0 saturated heterocycles. The van der Waals surface area contributed by atoms with Gasteiger partial charge in [-0.05, 0) is 24.1 Å². The quantitative estimate of drug-likeness (QED) is 0.698. The van der Waals surface area contributed by atoms with E-state index in [1.165, 1.54) is 0 Å². The fourth-order valence-corrected chi connectivity index (χ4v) is 3.83. The van der Waals surface area contributed by atoms with Gasteiger partial charge in [-0.1, -0.05) is 56.3 Å². The van der Waals surface area contributed by atoms with Crippen LogP contribution in [0.3, 0.4) is 0 Å². The topological polar surface area (TPSA) is 83.0 Å². The molecule has 7 nitrogen and oxygen atoms in total. The molecule has 0 radical (unpaired) electrons. The number of fused-ring (bicyclic) bond motifs is 1. The lowest BCUT2D eigenvalue weighted by Gasteiger charge is -2.37. The van der Waals surface area contributed by atoms with E-state index in [0.717, 1.165) is 11.1 Å². The van der Waals surface area contributed by atoms with Crippen molar-refractivity contribution in [2.45, 2.75) is 39.3 Å². The number of ether oxygens (including phenoxy) is 1. The van der Waals surface area contributed by atoms with Crippen molar-refractivity contribution in [1.82, 2.24) is 14.8 Å². The number of rotatable bonds is 7. The normalized spacial score (nSPS) is 19.4. The van der Waals surface area contributed by atoms with Crippen LogP contribution in [-0.2, 0) is 4.79 Å². The lowest BCUT2D eigenvalue weighted by Crippen LogP contribution is -2.50. The van der Waals surface area contributed by atoms with E-state index in [-0.39, 0.29) is 42.4 Å². The van der Waals surface area contributed by atoms with Gasteiger partial charge in [-0.15, -0.1) is 0 Å². The first-order valence-corrected chi connectivity index (χ1v) is 11.4. The molecule has 0 saturated carbocycles. The summed E-state index contributed by atoms with van der Waals surface area (Å²) in [6.45, 7) is 6.28. The largest absolute Gasteiger partial charge is 0.472 e. The van der Waals surface area contributed by atoms with Crippen LogP contribution >= 0.6 is 0 Å². The number of amides is 2. The molecule has 1 N–H and O–H groups in total. The van der Waals surface area contributed by atoms with Crippen LogP contribution in [0, 0.1) is 5.92 Å². The van der Waals surface area contributed by atoms with Crippen molar-refractivity contribution in [3.05, 3.63) is 59.3 Å². The van der Waals surface area contributed by atoms with Gasteiger partial charge in [-0.25, -0.2) is 4.98 Å². The molecule has 3 atom stereocenters. The van der Waals surface area contributed by atoms with Crippen molar-refractivity contribution in [2.75, 3.05) is 26.7 Å². The molecule has 2 heterocycles. The average molecular weight is 452 g/mol. The molecule has 33 heavy (non-hydrogen) atoms. The zero-order valence-corrected chi connectivity index (χ0v) is 19.8. The fraction of sp³-hybridized carbons (Fsp3) is 0.423. The van der Waals surface area contributed by atoms with Crippen molar-refractivity contribution in [2.24, 2.45) is 5.92 Å². The zero-order valence-electron chi connectivity index (χ0n) is 19.8. The highest BCUT2D eigenvalue weighted by Crippen LogP contribution is 2.28. The minimum Gasteiger partial charge on any atom is -0.472 e. The highest BCUT2D eigenvalue weighted by atomic mass is 16.5. The van der Waals surface area contributed by atoms with Gasteiger partial charge in [-0.3, -0.25) is 9.59 Å². The van der Waals surface area contributed by atoms with E-state index in [1.54, 1.807) is 29.1 Å². The Balaban J connectivity index is 1.96. The fourth-order valence-electron chi connectivity index (χ4n) is 3.83. The first kappa shape index (κ1) is 24.5. The predicted octanol–water partition coefficient (Wildman–Crippen LogP) is 3.34. The summed E-state index contributed by atoms with van der Waals surface area (Å²) in [6.07, 6.45) is 5.61. The molecule has 2 aromatic rings. The highest BCUT2D eigenvalue weighted by molar-refractivity contribution is 5.97. The minimum absolute atomic E-state index is 0.0269.